The van der Waals surface area contributed by atoms with E-state index < -0.39 is 17.8 Å². The van der Waals surface area contributed by atoms with E-state index >= 15 is 0 Å². The maximum absolute atomic E-state index is 11.8. The van der Waals surface area contributed by atoms with Gasteiger partial charge in [0, 0.05) is 11.6 Å². The first kappa shape index (κ1) is 12.0. The molecule has 1 aliphatic heterocycles. The van der Waals surface area contributed by atoms with Crippen LogP contribution in [-0.2, 0) is 9.59 Å². The van der Waals surface area contributed by atoms with E-state index in [9.17, 15) is 14.4 Å². The minimum absolute atomic E-state index is 0.0812. The fourth-order valence-electron chi connectivity index (χ4n) is 1.81. The summed E-state index contributed by atoms with van der Waals surface area (Å²) >= 11 is 0. The number of hydrogen-bond donors (Lipinski definition) is 1. The minimum Gasteiger partial charge on any atom is -0.478 e. The standard InChI is InChI=1S/C13H11NO4/c1-7-3-4-9(6-10(7)13(17)18)14-11(15)5-8(2)12(14)16/h3-6H,1-2H3,(H,17,18). The predicted octanol–water partition coefficient (Wildman–Crippen LogP) is 1.51. The van der Waals surface area contributed by atoms with Crippen LogP contribution in [0.2, 0.25) is 0 Å². The number of anilines is 1. The fraction of sp³-hybridized carbons (Fsp3) is 0.154. The number of aryl methyl sites for hydroxylation is 1. The predicted molar refractivity (Wildman–Crippen MR) is 64.4 cm³/mol. The van der Waals surface area contributed by atoms with Gasteiger partial charge in [0.2, 0.25) is 0 Å². The summed E-state index contributed by atoms with van der Waals surface area (Å²) in [5.41, 5.74) is 1.28. The highest BCUT2D eigenvalue weighted by Crippen LogP contribution is 2.24. The largest absolute Gasteiger partial charge is 0.478 e. The van der Waals surface area contributed by atoms with Gasteiger partial charge in [-0.3, -0.25) is 9.59 Å². The number of carbonyl (C=O) groups excluding carboxylic acids is 2. The van der Waals surface area contributed by atoms with Gasteiger partial charge in [-0.25, -0.2) is 9.69 Å². The number of carboxylic acid groups (broad SMARTS) is 1. The molecule has 2 rings (SSSR count). The Bertz CT molecular complexity index is 601. The van der Waals surface area contributed by atoms with Crippen molar-refractivity contribution in [1.82, 2.24) is 0 Å². The van der Waals surface area contributed by atoms with E-state index in [1.165, 1.54) is 12.1 Å². The maximum Gasteiger partial charge on any atom is 0.336 e. The number of carboxylic acids is 1. The van der Waals surface area contributed by atoms with E-state index in [2.05, 4.69) is 0 Å². The Hall–Kier alpha value is -2.43. The zero-order valence-electron chi connectivity index (χ0n) is 9.93. The Morgan fingerprint density at radius 2 is 1.89 bits per heavy atom. The number of aromatic carboxylic acids is 1. The van der Waals surface area contributed by atoms with Crippen molar-refractivity contribution in [2.45, 2.75) is 13.8 Å². The van der Waals surface area contributed by atoms with E-state index in [0.29, 0.717) is 11.1 Å². The molecule has 5 heteroatoms. The Morgan fingerprint density at radius 3 is 2.39 bits per heavy atom. The summed E-state index contributed by atoms with van der Waals surface area (Å²) in [4.78, 5) is 35.4. The van der Waals surface area contributed by atoms with Crippen molar-refractivity contribution in [3.63, 3.8) is 0 Å². The lowest BCUT2D eigenvalue weighted by atomic mass is 10.1. The van der Waals surface area contributed by atoms with Gasteiger partial charge in [-0.1, -0.05) is 6.07 Å². The van der Waals surface area contributed by atoms with Crippen molar-refractivity contribution in [3.05, 3.63) is 41.0 Å². The molecule has 0 fully saturated rings. The van der Waals surface area contributed by atoms with Gasteiger partial charge in [0.25, 0.3) is 11.8 Å². The normalized spacial score (nSPS) is 15.0. The number of nitrogens with zero attached hydrogens (tertiary/aromatic N) is 1. The number of hydrogen-bond acceptors (Lipinski definition) is 3. The molecule has 92 valence electrons. The zero-order valence-corrected chi connectivity index (χ0v) is 9.93. The molecule has 0 saturated carbocycles. The second-order valence-corrected chi connectivity index (χ2v) is 4.11. The lowest BCUT2D eigenvalue weighted by Gasteiger charge is -2.15. The van der Waals surface area contributed by atoms with E-state index in [-0.39, 0.29) is 11.3 Å². The maximum atomic E-state index is 11.8. The number of amides is 2. The first-order chi connectivity index (χ1) is 8.41. The Morgan fingerprint density at radius 1 is 1.22 bits per heavy atom. The van der Waals surface area contributed by atoms with Crippen LogP contribution in [0.1, 0.15) is 22.8 Å². The van der Waals surface area contributed by atoms with Crippen LogP contribution in [0.15, 0.2) is 29.8 Å². The first-order valence-corrected chi connectivity index (χ1v) is 5.32. The number of rotatable bonds is 2. The number of carbonyl (C=O) groups is 3. The van der Waals surface area contributed by atoms with Gasteiger partial charge in [-0.05, 0) is 31.5 Å². The molecule has 0 unspecified atom stereocenters. The van der Waals surface area contributed by atoms with Crippen molar-refractivity contribution in [2.75, 3.05) is 4.90 Å². The molecule has 0 saturated heterocycles. The van der Waals surface area contributed by atoms with Crippen LogP contribution in [0, 0.1) is 6.92 Å². The third-order valence-corrected chi connectivity index (χ3v) is 2.81. The van der Waals surface area contributed by atoms with Crippen molar-refractivity contribution in [3.8, 4) is 0 Å². The molecular weight excluding hydrogens is 234 g/mol. The second kappa shape index (κ2) is 4.10. The molecular formula is C13H11NO4. The van der Waals surface area contributed by atoms with Gasteiger partial charge in [0.15, 0.2) is 0 Å². The summed E-state index contributed by atoms with van der Waals surface area (Å²) in [6.07, 6.45) is 1.24. The molecule has 0 atom stereocenters. The molecule has 2 amide bonds. The van der Waals surface area contributed by atoms with Gasteiger partial charge in [-0.15, -0.1) is 0 Å². The lowest BCUT2D eigenvalue weighted by molar-refractivity contribution is -0.120. The zero-order chi connectivity index (χ0) is 13.4. The van der Waals surface area contributed by atoms with Gasteiger partial charge in [0.1, 0.15) is 0 Å². The molecule has 1 heterocycles. The smallest absolute Gasteiger partial charge is 0.336 e. The quantitative estimate of drug-likeness (QED) is 0.801. The molecule has 0 radical (unpaired) electrons. The van der Waals surface area contributed by atoms with Crippen molar-refractivity contribution >= 4 is 23.5 Å². The molecule has 5 nitrogen and oxygen atoms in total. The van der Waals surface area contributed by atoms with Crippen molar-refractivity contribution in [1.29, 1.82) is 0 Å². The van der Waals surface area contributed by atoms with E-state index in [1.807, 2.05) is 0 Å². The van der Waals surface area contributed by atoms with Gasteiger partial charge >= 0.3 is 5.97 Å². The van der Waals surface area contributed by atoms with Crippen LogP contribution in [0.25, 0.3) is 0 Å². The van der Waals surface area contributed by atoms with E-state index in [0.717, 1.165) is 4.90 Å². The highest BCUT2D eigenvalue weighted by Gasteiger charge is 2.30. The molecule has 0 aliphatic carbocycles. The van der Waals surface area contributed by atoms with Crippen molar-refractivity contribution < 1.29 is 19.5 Å². The van der Waals surface area contributed by atoms with E-state index in [4.69, 9.17) is 5.11 Å². The average molecular weight is 245 g/mol. The van der Waals surface area contributed by atoms with Crippen LogP contribution >= 0.6 is 0 Å². The molecule has 0 spiro atoms. The van der Waals surface area contributed by atoms with Gasteiger partial charge < -0.3 is 5.11 Å². The van der Waals surface area contributed by atoms with E-state index in [1.54, 1.807) is 26.0 Å². The third-order valence-electron chi connectivity index (χ3n) is 2.81. The van der Waals surface area contributed by atoms with Crippen LogP contribution < -0.4 is 4.90 Å². The molecule has 1 aromatic rings. The fourth-order valence-corrected chi connectivity index (χ4v) is 1.81. The Balaban J connectivity index is 2.48. The lowest BCUT2D eigenvalue weighted by Crippen LogP contribution is -2.30. The summed E-state index contributed by atoms with van der Waals surface area (Å²) in [6.45, 7) is 3.21. The van der Waals surface area contributed by atoms with Gasteiger partial charge in [-0.2, -0.15) is 0 Å². The minimum atomic E-state index is -1.09. The average Bonchev–Trinajstić information content (AvgIpc) is 2.54. The molecule has 1 N–H and O–H groups in total. The van der Waals surface area contributed by atoms with Crippen LogP contribution in [0.5, 0.6) is 0 Å². The topological polar surface area (TPSA) is 74.7 Å². The Kier molecular flexibility index (Phi) is 2.74. The monoisotopic (exact) mass is 245 g/mol. The third kappa shape index (κ3) is 1.79. The summed E-state index contributed by atoms with van der Waals surface area (Å²) in [5, 5.41) is 9.02. The molecule has 1 aromatic carbocycles. The molecule has 18 heavy (non-hydrogen) atoms. The van der Waals surface area contributed by atoms with Crippen LogP contribution in [-0.4, -0.2) is 22.9 Å². The number of benzene rings is 1. The summed E-state index contributed by atoms with van der Waals surface area (Å²) in [6, 6.07) is 4.47. The highest BCUT2D eigenvalue weighted by molar-refractivity contribution is 6.30. The second-order valence-electron chi connectivity index (χ2n) is 4.11. The van der Waals surface area contributed by atoms with Gasteiger partial charge in [0.05, 0.1) is 11.3 Å². The molecule has 0 aromatic heterocycles. The Labute approximate surface area is 103 Å². The summed E-state index contributed by atoms with van der Waals surface area (Å²) in [7, 11) is 0. The van der Waals surface area contributed by atoms with Crippen LogP contribution in [0.3, 0.4) is 0 Å². The first-order valence-electron chi connectivity index (χ1n) is 5.32. The highest BCUT2D eigenvalue weighted by atomic mass is 16.4. The molecule has 0 bridgehead atoms. The summed E-state index contributed by atoms with van der Waals surface area (Å²) in [5.74, 6) is -1.95. The SMILES string of the molecule is CC1=CC(=O)N(c2ccc(C)c(C(=O)O)c2)C1=O. The van der Waals surface area contributed by atoms with Crippen molar-refractivity contribution in [2.24, 2.45) is 0 Å². The molecule has 1 aliphatic rings. The number of imide groups is 1. The van der Waals surface area contributed by atoms with Crippen LogP contribution in [0.4, 0.5) is 5.69 Å². The summed E-state index contributed by atoms with van der Waals surface area (Å²) < 4.78 is 0.